The molecule has 4 rings (SSSR count). The second kappa shape index (κ2) is 5.55. The first kappa shape index (κ1) is 14.0. The maximum atomic E-state index is 2.47. The van der Waals surface area contributed by atoms with Gasteiger partial charge in [0, 0.05) is 10.3 Å². The Bertz CT molecular complexity index is 725. The number of hydrogen-bond donors (Lipinski definition) is 0. The molecule has 112 valence electrons. The number of hydrogen-bond acceptors (Lipinski definition) is 1. The number of rotatable bonds is 3. The molecule has 1 heteroatoms. The molecular weight excluding hydrogens is 284 g/mol. The lowest BCUT2D eigenvalue weighted by Crippen LogP contribution is -2.22. The molecule has 1 aromatic carbocycles. The van der Waals surface area contributed by atoms with Crippen molar-refractivity contribution in [3.63, 3.8) is 0 Å². The zero-order valence-electron chi connectivity index (χ0n) is 13.1. The van der Waals surface area contributed by atoms with Gasteiger partial charge in [-0.2, -0.15) is 0 Å². The Balaban J connectivity index is 1.71. The zero-order chi connectivity index (χ0) is 15.0. The highest BCUT2D eigenvalue weighted by Gasteiger charge is 2.42. The molecule has 1 aromatic heterocycles. The normalized spacial score (nSPS) is 19.0. The van der Waals surface area contributed by atoms with Gasteiger partial charge in [-0.05, 0) is 53.5 Å². The van der Waals surface area contributed by atoms with Crippen LogP contribution in [-0.2, 0) is 5.41 Å². The van der Waals surface area contributed by atoms with Crippen LogP contribution in [0.25, 0.3) is 18.2 Å². The Hall–Kier alpha value is -1.60. The van der Waals surface area contributed by atoms with Crippen molar-refractivity contribution < 1.29 is 0 Å². The fourth-order valence-corrected chi connectivity index (χ4v) is 4.91. The fraction of sp³-hybridized carbons (Fsp3) is 0.333. The molecule has 1 saturated carbocycles. The lowest BCUT2D eigenvalue weighted by Gasteiger charge is -2.29. The Morgan fingerprint density at radius 1 is 1.14 bits per heavy atom. The van der Waals surface area contributed by atoms with Gasteiger partial charge in [-0.3, -0.25) is 0 Å². The average molecular weight is 306 g/mol. The van der Waals surface area contributed by atoms with Crippen molar-refractivity contribution in [2.24, 2.45) is 0 Å². The first-order valence-electron chi connectivity index (χ1n) is 8.39. The molecule has 0 nitrogen and oxygen atoms in total. The molecule has 0 bridgehead atoms. The topological polar surface area (TPSA) is 0 Å². The molecule has 0 radical (unpaired) electrons. The smallest absolute Gasteiger partial charge is 0.0270 e. The van der Waals surface area contributed by atoms with Crippen molar-refractivity contribution in [2.75, 3.05) is 0 Å². The second-order valence-electron chi connectivity index (χ2n) is 6.51. The molecule has 1 spiro atoms. The highest BCUT2D eigenvalue weighted by atomic mass is 32.1. The van der Waals surface area contributed by atoms with E-state index in [4.69, 9.17) is 0 Å². The monoisotopic (exact) mass is 306 g/mol. The highest BCUT2D eigenvalue weighted by Crippen LogP contribution is 2.53. The molecule has 0 amide bonds. The van der Waals surface area contributed by atoms with Gasteiger partial charge >= 0.3 is 0 Å². The van der Waals surface area contributed by atoms with Crippen LogP contribution in [0.1, 0.15) is 60.6 Å². The number of allylic oxidation sites excluding steroid dienone is 1. The maximum absolute atomic E-state index is 2.47. The molecule has 1 heterocycles. The van der Waals surface area contributed by atoms with E-state index in [2.05, 4.69) is 60.9 Å². The SMILES string of the molecule is CCC1=Cc2ccc(/C=C/c3cccs3)cc2C12CCCC2. The molecule has 1 fully saturated rings. The summed E-state index contributed by atoms with van der Waals surface area (Å²) in [5, 5.41) is 2.13. The van der Waals surface area contributed by atoms with Crippen LogP contribution in [0.3, 0.4) is 0 Å². The minimum absolute atomic E-state index is 0.372. The molecule has 2 aromatic rings. The Morgan fingerprint density at radius 2 is 2.00 bits per heavy atom. The van der Waals surface area contributed by atoms with Crippen LogP contribution >= 0.6 is 11.3 Å². The third-order valence-corrected chi connectivity index (χ3v) is 6.20. The molecule has 0 saturated heterocycles. The van der Waals surface area contributed by atoms with E-state index in [1.54, 1.807) is 22.5 Å². The van der Waals surface area contributed by atoms with Gasteiger partial charge in [0.15, 0.2) is 0 Å². The van der Waals surface area contributed by atoms with Crippen LogP contribution in [0.15, 0.2) is 41.3 Å². The summed E-state index contributed by atoms with van der Waals surface area (Å²) >= 11 is 1.79. The van der Waals surface area contributed by atoms with Crippen molar-refractivity contribution in [2.45, 2.75) is 44.4 Å². The van der Waals surface area contributed by atoms with Gasteiger partial charge in [-0.25, -0.2) is 0 Å². The van der Waals surface area contributed by atoms with Gasteiger partial charge in [0.2, 0.25) is 0 Å². The van der Waals surface area contributed by atoms with Crippen molar-refractivity contribution in [1.82, 2.24) is 0 Å². The Morgan fingerprint density at radius 3 is 2.73 bits per heavy atom. The lowest BCUT2D eigenvalue weighted by molar-refractivity contribution is 0.520. The van der Waals surface area contributed by atoms with Gasteiger partial charge < -0.3 is 0 Å². The zero-order valence-corrected chi connectivity index (χ0v) is 14.0. The van der Waals surface area contributed by atoms with E-state index in [-0.39, 0.29) is 0 Å². The van der Waals surface area contributed by atoms with Crippen molar-refractivity contribution >= 4 is 29.6 Å². The van der Waals surface area contributed by atoms with Gasteiger partial charge in [0.25, 0.3) is 0 Å². The number of benzene rings is 1. The van der Waals surface area contributed by atoms with E-state index >= 15 is 0 Å². The third kappa shape index (κ3) is 2.19. The molecule has 0 N–H and O–H groups in total. The van der Waals surface area contributed by atoms with Crippen molar-refractivity contribution in [3.8, 4) is 0 Å². The van der Waals surface area contributed by atoms with Gasteiger partial charge in [-0.1, -0.05) is 61.8 Å². The fourth-order valence-electron chi connectivity index (χ4n) is 4.29. The summed E-state index contributed by atoms with van der Waals surface area (Å²) in [5.74, 6) is 0. The lowest BCUT2D eigenvalue weighted by atomic mass is 9.74. The van der Waals surface area contributed by atoms with Crippen LogP contribution in [0.5, 0.6) is 0 Å². The molecule has 0 atom stereocenters. The summed E-state index contributed by atoms with van der Waals surface area (Å²) in [4.78, 5) is 1.32. The van der Waals surface area contributed by atoms with E-state index in [1.165, 1.54) is 48.1 Å². The standard InChI is InChI=1S/C21H22S/c1-2-18-15-17-9-7-16(8-10-19-6-5-13-22-19)14-20(17)21(18)11-3-4-12-21/h5-10,13-15H,2-4,11-12H2,1H3/b10-8+. The first-order valence-corrected chi connectivity index (χ1v) is 9.27. The van der Waals surface area contributed by atoms with Gasteiger partial charge in [0.1, 0.15) is 0 Å². The number of thiophene rings is 1. The largest absolute Gasteiger partial charge is 0.144 e. The van der Waals surface area contributed by atoms with Crippen LogP contribution in [0.4, 0.5) is 0 Å². The van der Waals surface area contributed by atoms with E-state index in [0.717, 1.165) is 0 Å². The summed E-state index contributed by atoms with van der Waals surface area (Å²) in [6.07, 6.45) is 13.6. The summed E-state index contributed by atoms with van der Waals surface area (Å²) in [7, 11) is 0. The quantitative estimate of drug-likeness (QED) is 0.604. The van der Waals surface area contributed by atoms with Crippen LogP contribution in [0.2, 0.25) is 0 Å². The minimum Gasteiger partial charge on any atom is -0.144 e. The summed E-state index contributed by atoms with van der Waals surface area (Å²) in [6.45, 7) is 2.31. The summed E-state index contributed by atoms with van der Waals surface area (Å²) in [5.41, 5.74) is 6.43. The molecule has 2 aliphatic carbocycles. The van der Waals surface area contributed by atoms with Crippen LogP contribution < -0.4 is 0 Å². The molecular formula is C21H22S. The molecule has 22 heavy (non-hydrogen) atoms. The van der Waals surface area contributed by atoms with E-state index in [1.807, 2.05) is 0 Å². The molecule has 0 aliphatic heterocycles. The maximum Gasteiger partial charge on any atom is 0.0270 e. The van der Waals surface area contributed by atoms with E-state index < -0.39 is 0 Å². The Labute approximate surface area is 137 Å². The van der Waals surface area contributed by atoms with Crippen LogP contribution in [0, 0.1) is 0 Å². The van der Waals surface area contributed by atoms with E-state index in [9.17, 15) is 0 Å². The van der Waals surface area contributed by atoms with E-state index in [0.29, 0.717) is 5.41 Å². The predicted octanol–water partition coefficient (Wildman–Crippen LogP) is 6.54. The molecule has 2 aliphatic rings. The second-order valence-corrected chi connectivity index (χ2v) is 7.49. The first-order chi connectivity index (χ1) is 10.8. The van der Waals surface area contributed by atoms with Gasteiger partial charge in [-0.15, -0.1) is 11.3 Å². The highest BCUT2D eigenvalue weighted by molar-refractivity contribution is 7.10. The van der Waals surface area contributed by atoms with Crippen LogP contribution in [-0.4, -0.2) is 0 Å². The third-order valence-electron chi connectivity index (χ3n) is 5.36. The summed E-state index contributed by atoms with van der Waals surface area (Å²) in [6, 6.07) is 11.3. The number of fused-ring (bicyclic) bond motifs is 2. The minimum atomic E-state index is 0.372. The predicted molar refractivity (Wildman–Crippen MR) is 98.1 cm³/mol. The molecule has 0 unspecified atom stereocenters. The average Bonchev–Trinajstić information content (AvgIpc) is 3.27. The summed E-state index contributed by atoms with van der Waals surface area (Å²) < 4.78 is 0. The van der Waals surface area contributed by atoms with Gasteiger partial charge in [0.05, 0.1) is 0 Å². The Kier molecular flexibility index (Phi) is 3.54. The van der Waals surface area contributed by atoms with Crippen molar-refractivity contribution in [1.29, 1.82) is 0 Å². The van der Waals surface area contributed by atoms with Crippen molar-refractivity contribution in [3.05, 3.63) is 62.9 Å².